The predicted molar refractivity (Wildman–Crippen MR) is 101 cm³/mol. The van der Waals surface area contributed by atoms with E-state index in [1.54, 1.807) is 30.9 Å². The molecule has 2 heterocycles. The minimum absolute atomic E-state index is 0.0313. The maximum atomic E-state index is 11.4. The number of benzene rings is 2. The summed E-state index contributed by atoms with van der Waals surface area (Å²) in [6, 6.07) is 22.2. The molecule has 4 rings (SSSR count). The molecular formula is C21H16N4O2. The van der Waals surface area contributed by atoms with E-state index in [-0.39, 0.29) is 10.6 Å². The SMILES string of the molecule is O=[N+]([O-])c1cccc(C(c2ccccc2)(c2ccccn2)n2ccnc2)c1. The normalized spacial score (nSPS) is 13.0. The molecule has 0 saturated heterocycles. The zero-order valence-electron chi connectivity index (χ0n) is 14.3. The highest BCUT2D eigenvalue weighted by atomic mass is 16.6. The van der Waals surface area contributed by atoms with Crippen LogP contribution in [0, 0.1) is 10.1 Å². The molecule has 1 atom stereocenters. The van der Waals surface area contributed by atoms with E-state index < -0.39 is 5.54 Å². The number of rotatable bonds is 5. The Labute approximate surface area is 155 Å². The average Bonchev–Trinajstić information content (AvgIpc) is 3.26. The number of non-ortho nitro benzene ring substituents is 1. The Kier molecular flexibility index (Phi) is 4.22. The van der Waals surface area contributed by atoms with Gasteiger partial charge in [0.25, 0.3) is 5.69 Å². The Morgan fingerprint density at radius 2 is 1.67 bits per heavy atom. The third-order valence-corrected chi connectivity index (χ3v) is 4.59. The van der Waals surface area contributed by atoms with Crippen LogP contribution in [-0.2, 0) is 5.54 Å². The van der Waals surface area contributed by atoms with E-state index in [2.05, 4.69) is 9.97 Å². The van der Waals surface area contributed by atoms with Crippen molar-refractivity contribution in [1.29, 1.82) is 0 Å². The van der Waals surface area contributed by atoms with Crippen LogP contribution in [0.3, 0.4) is 0 Å². The van der Waals surface area contributed by atoms with Crippen molar-refractivity contribution >= 4 is 5.69 Å². The van der Waals surface area contributed by atoms with Crippen molar-refractivity contribution in [2.45, 2.75) is 5.54 Å². The van der Waals surface area contributed by atoms with E-state index in [0.717, 1.165) is 16.8 Å². The zero-order chi connectivity index (χ0) is 18.7. The van der Waals surface area contributed by atoms with E-state index in [1.807, 2.05) is 65.4 Å². The Balaban J connectivity index is 2.12. The smallest absolute Gasteiger partial charge is 0.269 e. The molecule has 2 aromatic heterocycles. The third kappa shape index (κ3) is 2.77. The predicted octanol–water partition coefficient (Wildman–Crippen LogP) is 4.03. The first-order chi connectivity index (χ1) is 13.2. The number of nitrogens with zero attached hydrogens (tertiary/aromatic N) is 4. The summed E-state index contributed by atoms with van der Waals surface area (Å²) in [4.78, 5) is 19.9. The van der Waals surface area contributed by atoms with Gasteiger partial charge < -0.3 is 4.57 Å². The van der Waals surface area contributed by atoms with Crippen molar-refractivity contribution in [2.75, 3.05) is 0 Å². The molecule has 0 aliphatic heterocycles. The fraction of sp³-hybridized carbons (Fsp3) is 0.0476. The number of nitro benzene ring substituents is 1. The molecule has 0 aliphatic rings. The van der Waals surface area contributed by atoms with E-state index in [9.17, 15) is 10.1 Å². The maximum Gasteiger partial charge on any atom is 0.269 e. The molecule has 2 aromatic carbocycles. The van der Waals surface area contributed by atoms with Gasteiger partial charge >= 0.3 is 0 Å². The number of imidazole rings is 1. The summed E-state index contributed by atoms with van der Waals surface area (Å²) in [7, 11) is 0. The molecule has 1 unspecified atom stereocenters. The van der Waals surface area contributed by atoms with E-state index >= 15 is 0 Å². The topological polar surface area (TPSA) is 73.8 Å². The number of hydrogen-bond donors (Lipinski definition) is 0. The van der Waals surface area contributed by atoms with Crippen LogP contribution in [0.5, 0.6) is 0 Å². The molecule has 0 N–H and O–H groups in total. The van der Waals surface area contributed by atoms with Gasteiger partial charge in [0.05, 0.1) is 16.9 Å². The Hall–Kier alpha value is -3.80. The minimum atomic E-state index is -0.884. The molecule has 4 aromatic rings. The van der Waals surface area contributed by atoms with Crippen LogP contribution < -0.4 is 0 Å². The lowest BCUT2D eigenvalue weighted by atomic mass is 9.79. The second kappa shape index (κ2) is 6.84. The van der Waals surface area contributed by atoms with Crippen LogP contribution in [0.4, 0.5) is 5.69 Å². The van der Waals surface area contributed by atoms with Gasteiger partial charge in [-0.15, -0.1) is 0 Å². The van der Waals surface area contributed by atoms with Crippen LogP contribution in [0.1, 0.15) is 16.8 Å². The molecule has 0 bridgehead atoms. The summed E-state index contributed by atoms with van der Waals surface area (Å²) in [6.45, 7) is 0. The molecule has 0 saturated carbocycles. The number of aromatic nitrogens is 3. The molecule has 132 valence electrons. The minimum Gasteiger partial charge on any atom is -0.317 e. The summed E-state index contributed by atoms with van der Waals surface area (Å²) in [5.41, 5.74) is 1.56. The standard InChI is InChI=1S/C21H16N4O2/c26-25(27)19-10-6-9-18(15-19)21(24-14-13-22-16-24,17-7-2-1-3-8-17)20-11-4-5-12-23-20/h1-16H. The largest absolute Gasteiger partial charge is 0.317 e. The summed E-state index contributed by atoms with van der Waals surface area (Å²) in [5.74, 6) is 0. The number of pyridine rings is 1. The monoisotopic (exact) mass is 356 g/mol. The van der Waals surface area contributed by atoms with Gasteiger partial charge in [0.2, 0.25) is 0 Å². The van der Waals surface area contributed by atoms with Crippen molar-refractivity contribution in [3.63, 3.8) is 0 Å². The molecule has 0 spiro atoms. The molecule has 27 heavy (non-hydrogen) atoms. The molecule has 6 nitrogen and oxygen atoms in total. The highest BCUT2D eigenvalue weighted by Gasteiger charge is 2.40. The van der Waals surface area contributed by atoms with Gasteiger partial charge in [0.15, 0.2) is 0 Å². The summed E-state index contributed by atoms with van der Waals surface area (Å²) in [5, 5.41) is 11.4. The van der Waals surface area contributed by atoms with Gasteiger partial charge in [0.1, 0.15) is 5.54 Å². The molecule has 0 fully saturated rings. The van der Waals surface area contributed by atoms with Gasteiger partial charge in [0, 0.05) is 30.7 Å². The third-order valence-electron chi connectivity index (χ3n) is 4.59. The highest BCUT2D eigenvalue weighted by molar-refractivity contribution is 5.51. The van der Waals surface area contributed by atoms with Gasteiger partial charge in [-0.25, -0.2) is 4.98 Å². The Morgan fingerprint density at radius 1 is 0.889 bits per heavy atom. The number of nitro groups is 1. The fourth-order valence-corrected chi connectivity index (χ4v) is 3.45. The van der Waals surface area contributed by atoms with Crippen molar-refractivity contribution < 1.29 is 4.92 Å². The van der Waals surface area contributed by atoms with E-state index in [4.69, 9.17) is 0 Å². The second-order valence-electron chi connectivity index (χ2n) is 6.07. The second-order valence-corrected chi connectivity index (χ2v) is 6.07. The first-order valence-corrected chi connectivity index (χ1v) is 8.43. The van der Waals surface area contributed by atoms with Crippen molar-refractivity contribution in [3.8, 4) is 0 Å². The summed E-state index contributed by atoms with van der Waals surface area (Å²) >= 11 is 0. The molecule has 0 aliphatic carbocycles. The van der Waals surface area contributed by atoms with E-state index in [1.165, 1.54) is 6.07 Å². The van der Waals surface area contributed by atoms with Gasteiger partial charge in [-0.1, -0.05) is 48.5 Å². The fourth-order valence-electron chi connectivity index (χ4n) is 3.45. The molecule has 0 amide bonds. The summed E-state index contributed by atoms with van der Waals surface area (Å²) < 4.78 is 1.93. The first kappa shape index (κ1) is 16.7. The van der Waals surface area contributed by atoms with Crippen LogP contribution in [0.15, 0.2) is 97.7 Å². The first-order valence-electron chi connectivity index (χ1n) is 8.43. The zero-order valence-corrected chi connectivity index (χ0v) is 14.3. The quantitative estimate of drug-likeness (QED) is 0.400. The maximum absolute atomic E-state index is 11.4. The van der Waals surface area contributed by atoms with Crippen LogP contribution in [-0.4, -0.2) is 19.5 Å². The molecular weight excluding hydrogens is 340 g/mol. The lowest BCUT2D eigenvalue weighted by Crippen LogP contribution is -2.37. The lowest BCUT2D eigenvalue weighted by molar-refractivity contribution is -0.385. The van der Waals surface area contributed by atoms with Crippen molar-refractivity contribution in [3.05, 3.63) is 125 Å². The van der Waals surface area contributed by atoms with Crippen molar-refractivity contribution in [1.82, 2.24) is 14.5 Å². The van der Waals surface area contributed by atoms with Gasteiger partial charge in [-0.05, 0) is 23.3 Å². The Bertz CT molecular complexity index is 1010. The van der Waals surface area contributed by atoms with Crippen molar-refractivity contribution in [2.24, 2.45) is 0 Å². The van der Waals surface area contributed by atoms with Crippen LogP contribution in [0.25, 0.3) is 0 Å². The molecule has 6 heteroatoms. The Morgan fingerprint density at radius 3 is 2.33 bits per heavy atom. The highest BCUT2D eigenvalue weighted by Crippen LogP contribution is 2.40. The van der Waals surface area contributed by atoms with Crippen LogP contribution in [0.2, 0.25) is 0 Å². The van der Waals surface area contributed by atoms with E-state index in [0.29, 0.717) is 0 Å². The lowest BCUT2D eigenvalue weighted by Gasteiger charge is -2.36. The number of hydrogen-bond acceptors (Lipinski definition) is 4. The average molecular weight is 356 g/mol. The van der Waals surface area contributed by atoms with Gasteiger partial charge in [-0.2, -0.15) is 0 Å². The summed E-state index contributed by atoms with van der Waals surface area (Å²) in [6.07, 6.45) is 6.97. The van der Waals surface area contributed by atoms with Crippen LogP contribution >= 0.6 is 0 Å². The van der Waals surface area contributed by atoms with Gasteiger partial charge in [-0.3, -0.25) is 15.1 Å². The molecule has 0 radical (unpaired) electrons.